The molecule has 1 aromatic carbocycles. The van der Waals surface area contributed by atoms with Gasteiger partial charge in [0.1, 0.15) is 0 Å². The molecule has 1 saturated heterocycles. The van der Waals surface area contributed by atoms with Crippen LogP contribution < -0.4 is 5.56 Å². The van der Waals surface area contributed by atoms with Gasteiger partial charge < -0.3 is 0 Å². The molecule has 0 atom stereocenters. The number of thiazole rings is 1. The van der Waals surface area contributed by atoms with Crippen molar-refractivity contribution in [2.75, 3.05) is 26.2 Å². The van der Waals surface area contributed by atoms with E-state index >= 15 is 0 Å². The highest BCUT2D eigenvalue weighted by atomic mass is 35.5. The van der Waals surface area contributed by atoms with Gasteiger partial charge in [-0.05, 0) is 24.3 Å². The minimum atomic E-state index is -3.52. The largest absolute Gasteiger partial charge is 0.295 e. The van der Waals surface area contributed by atoms with Gasteiger partial charge in [-0.1, -0.05) is 11.6 Å². The number of halogens is 1. The maximum atomic E-state index is 12.7. The van der Waals surface area contributed by atoms with E-state index in [1.165, 1.54) is 38.2 Å². The molecule has 7 nitrogen and oxygen atoms in total. The van der Waals surface area contributed by atoms with Crippen molar-refractivity contribution in [1.82, 2.24) is 18.6 Å². The second kappa shape index (κ2) is 7.33. The molecule has 0 aliphatic carbocycles. The van der Waals surface area contributed by atoms with E-state index in [1.54, 1.807) is 18.3 Å². The van der Waals surface area contributed by atoms with E-state index in [2.05, 4.69) is 9.88 Å². The standard InChI is InChI=1S/C17H17ClN4O3S2/c18-13-1-3-15(4-2-13)27(24,25)21-7-5-20(6-8-21)12-14-11-16(23)22-9-10-26-17(22)19-14/h1-4,9-11H,5-8,12H2. The first kappa shape index (κ1) is 18.6. The Morgan fingerprint density at radius 2 is 1.81 bits per heavy atom. The van der Waals surface area contributed by atoms with Crippen LogP contribution in [0.25, 0.3) is 4.96 Å². The summed E-state index contributed by atoms with van der Waals surface area (Å²) in [6, 6.07) is 7.75. The fraction of sp³-hybridized carbons (Fsp3) is 0.294. The predicted molar refractivity (Wildman–Crippen MR) is 105 cm³/mol. The van der Waals surface area contributed by atoms with Crippen molar-refractivity contribution in [3.8, 4) is 0 Å². The Morgan fingerprint density at radius 3 is 2.52 bits per heavy atom. The van der Waals surface area contributed by atoms with Crippen molar-refractivity contribution in [3.63, 3.8) is 0 Å². The van der Waals surface area contributed by atoms with E-state index in [1.807, 2.05) is 5.38 Å². The molecular formula is C17H17ClN4O3S2. The second-order valence-corrected chi connectivity index (χ2v) is 9.52. The zero-order valence-corrected chi connectivity index (χ0v) is 16.7. The Bertz CT molecular complexity index is 1120. The van der Waals surface area contributed by atoms with Gasteiger partial charge >= 0.3 is 0 Å². The van der Waals surface area contributed by atoms with Gasteiger partial charge in [0.25, 0.3) is 5.56 Å². The van der Waals surface area contributed by atoms with Gasteiger partial charge in [0, 0.05) is 55.4 Å². The van der Waals surface area contributed by atoms with Crippen molar-refractivity contribution in [3.05, 3.63) is 63.0 Å². The lowest BCUT2D eigenvalue weighted by Crippen LogP contribution is -2.48. The second-order valence-electron chi connectivity index (χ2n) is 6.28. The molecule has 142 valence electrons. The normalized spacial score (nSPS) is 16.8. The highest BCUT2D eigenvalue weighted by molar-refractivity contribution is 7.89. The monoisotopic (exact) mass is 424 g/mol. The summed E-state index contributed by atoms with van der Waals surface area (Å²) in [5, 5.41) is 2.33. The van der Waals surface area contributed by atoms with E-state index in [-0.39, 0.29) is 10.5 Å². The smallest absolute Gasteiger partial charge is 0.258 e. The quantitative estimate of drug-likeness (QED) is 0.639. The third-order valence-electron chi connectivity index (χ3n) is 4.52. The van der Waals surface area contributed by atoms with Crippen molar-refractivity contribution >= 4 is 37.9 Å². The number of benzene rings is 1. The van der Waals surface area contributed by atoms with Crippen LogP contribution in [0.15, 0.2) is 51.6 Å². The maximum absolute atomic E-state index is 12.7. The summed E-state index contributed by atoms with van der Waals surface area (Å²) >= 11 is 7.26. The number of nitrogens with zero attached hydrogens (tertiary/aromatic N) is 4. The predicted octanol–water partition coefficient (Wildman–Crippen LogP) is 1.92. The zero-order valence-electron chi connectivity index (χ0n) is 14.3. The number of rotatable bonds is 4. The van der Waals surface area contributed by atoms with Gasteiger partial charge in [-0.15, -0.1) is 11.3 Å². The zero-order chi connectivity index (χ0) is 19.0. The van der Waals surface area contributed by atoms with Gasteiger partial charge in [-0.2, -0.15) is 4.31 Å². The first-order valence-corrected chi connectivity index (χ1v) is 11.1. The topological polar surface area (TPSA) is 75.0 Å². The van der Waals surface area contributed by atoms with Gasteiger partial charge in [0.15, 0.2) is 4.96 Å². The SMILES string of the molecule is O=c1cc(CN2CCN(S(=O)(=O)c3ccc(Cl)cc3)CC2)nc2sccn12. The molecule has 27 heavy (non-hydrogen) atoms. The van der Waals surface area contributed by atoms with Crippen LogP contribution in [0.5, 0.6) is 0 Å². The Kier molecular flexibility index (Phi) is 5.04. The summed E-state index contributed by atoms with van der Waals surface area (Å²) in [5.41, 5.74) is 0.608. The van der Waals surface area contributed by atoms with E-state index in [0.29, 0.717) is 48.4 Å². The van der Waals surface area contributed by atoms with Gasteiger partial charge in [-0.25, -0.2) is 13.4 Å². The average Bonchev–Trinajstić information content (AvgIpc) is 3.12. The van der Waals surface area contributed by atoms with E-state index in [4.69, 9.17) is 11.6 Å². The summed E-state index contributed by atoms with van der Waals surface area (Å²) in [6.07, 6.45) is 1.71. The fourth-order valence-electron chi connectivity index (χ4n) is 3.08. The summed E-state index contributed by atoms with van der Waals surface area (Å²) in [6.45, 7) is 2.48. The number of hydrogen-bond donors (Lipinski definition) is 0. The molecule has 0 amide bonds. The Morgan fingerprint density at radius 1 is 1.11 bits per heavy atom. The van der Waals surface area contributed by atoms with Crippen LogP contribution in [0.4, 0.5) is 0 Å². The maximum Gasteiger partial charge on any atom is 0.258 e. The van der Waals surface area contributed by atoms with Crippen LogP contribution in [0.1, 0.15) is 5.69 Å². The molecular weight excluding hydrogens is 408 g/mol. The molecule has 1 fully saturated rings. The van der Waals surface area contributed by atoms with Gasteiger partial charge in [-0.3, -0.25) is 14.1 Å². The van der Waals surface area contributed by atoms with Crippen molar-refractivity contribution < 1.29 is 8.42 Å². The lowest BCUT2D eigenvalue weighted by molar-refractivity contribution is 0.180. The first-order chi connectivity index (χ1) is 12.9. The molecule has 10 heteroatoms. The van der Waals surface area contributed by atoms with Crippen LogP contribution in [0.3, 0.4) is 0 Å². The molecule has 2 aromatic heterocycles. The van der Waals surface area contributed by atoms with E-state index in [0.717, 1.165) is 0 Å². The number of piperazine rings is 1. The van der Waals surface area contributed by atoms with Crippen molar-refractivity contribution in [1.29, 1.82) is 0 Å². The van der Waals surface area contributed by atoms with Crippen LogP contribution in [0, 0.1) is 0 Å². The van der Waals surface area contributed by atoms with E-state index < -0.39 is 10.0 Å². The number of sulfonamides is 1. The molecule has 3 aromatic rings. The fourth-order valence-corrected chi connectivity index (χ4v) is 5.37. The van der Waals surface area contributed by atoms with E-state index in [9.17, 15) is 13.2 Å². The van der Waals surface area contributed by atoms with Gasteiger partial charge in [0.2, 0.25) is 10.0 Å². The Hall–Kier alpha value is -1.78. The molecule has 0 saturated carbocycles. The number of fused-ring (bicyclic) bond motifs is 1. The van der Waals surface area contributed by atoms with Crippen molar-refractivity contribution in [2.24, 2.45) is 0 Å². The highest BCUT2D eigenvalue weighted by Gasteiger charge is 2.28. The molecule has 0 N–H and O–H groups in total. The summed E-state index contributed by atoms with van der Waals surface area (Å²) in [4.78, 5) is 19.6. The van der Waals surface area contributed by atoms with Gasteiger partial charge in [0.05, 0.1) is 10.6 Å². The third kappa shape index (κ3) is 3.78. The lowest BCUT2D eigenvalue weighted by Gasteiger charge is -2.33. The van der Waals surface area contributed by atoms with Crippen LogP contribution in [-0.2, 0) is 16.6 Å². The molecule has 0 bridgehead atoms. The molecule has 3 heterocycles. The average molecular weight is 425 g/mol. The summed E-state index contributed by atoms with van der Waals surface area (Å²) < 4.78 is 28.5. The molecule has 0 unspecified atom stereocenters. The van der Waals surface area contributed by atoms with Crippen LogP contribution >= 0.6 is 22.9 Å². The molecule has 0 spiro atoms. The Labute approximate surface area is 165 Å². The minimum Gasteiger partial charge on any atom is -0.295 e. The number of aromatic nitrogens is 2. The number of hydrogen-bond acceptors (Lipinski definition) is 6. The lowest BCUT2D eigenvalue weighted by atomic mass is 10.3. The summed E-state index contributed by atoms with van der Waals surface area (Å²) in [7, 11) is -3.52. The van der Waals surface area contributed by atoms with Crippen LogP contribution in [-0.4, -0.2) is 53.2 Å². The molecule has 1 aliphatic heterocycles. The molecule has 4 rings (SSSR count). The molecule has 1 aliphatic rings. The summed E-state index contributed by atoms with van der Waals surface area (Å²) in [5.74, 6) is 0. The highest BCUT2D eigenvalue weighted by Crippen LogP contribution is 2.20. The Balaban J connectivity index is 1.43. The van der Waals surface area contributed by atoms with Crippen molar-refractivity contribution in [2.45, 2.75) is 11.4 Å². The molecule has 0 radical (unpaired) electrons. The third-order valence-corrected chi connectivity index (χ3v) is 7.45. The first-order valence-electron chi connectivity index (χ1n) is 8.37. The minimum absolute atomic E-state index is 0.0970. The van der Waals surface area contributed by atoms with Crippen LogP contribution in [0.2, 0.25) is 5.02 Å².